The second kappa shape index (κ2) is 15.0. The Bertz CT molecular complexity index is 3340. The Morgan fingerprint density at radius 2 is 0.581 bits per heavy atom. The smallest absolute Gasteiger partial charge is 0.135 e. The molecule has 5 nitrogen and oxygen atoms in total. The summed E-state index contributed by atoms with van der Waals surface area (Å²) in [6, 6.07) is 53.0. The molecule has 10 rings (SSSR count). The van der Waals surface area contributed by atoms with Crippen molar-refractivity contribution in [3.63, 3.8) is 0 Å². The van der Waals surface area contributed by atoms with Crippen LogP contribution in [0.2, 0.25) is 0 Å². The average molecular weight is 810 g/mol. The third kappa shape index (κ3) is 6.75. The zero-order valence-electron chi connectivity index (χ0n) is 37.0. The van der Waals surface area contributed by atoms with Gasteiger partial charge in [-0.3, -0.25) is 0 Å². The molecule has 2 aromatic heterocycles. The van der Waals surface area contributed by atoms with Crippen molar-refractivity contribution in [1.82, 2.24) is 0 Å². The van der Waals surface area contributed by atoms with E-state index in [1.807, 2.05) is 0 Å². The van der Waals surface area contributed by atoms with Gasteiger partial charge in [-0.2, -0.15) is 0 Å². The van der Waals surface area contributed by atoms with E-state index in [1.165, 1.54) is 50.2 Å². The first-order valence-corrected chi connectivity index (χ1v) is 21.5. The number of benzene rings is 8. The molecule has 0 N–H and O–H groups in total. The highest BCUT2D eigenvalue weighted by atomic mass is 16.3. The molecular weight excluding hydrogens is 759 g/mol. The molecule has 0 radical (unpaired) electrons. The Morgan fingerprint density at radius 3 is 0.935 bits per heavy atom. The normalized spacial score (nSPS) is 11.6. The Kier molecular flexibility index (Phi) is 9.44. The van der Waals surface area contributed by atoms with E-state index in [-0.39, 0.29) is 0 Å². The summed E-state index contributed by atoms with van der Waals surface area (Å²) in [5.41, 5.74) is 22.2. The molecule has 0 saturated heterocycles. The molecule has 0 fully saturated rings. The highest BCUT2D eigenvalue weighted by Crippen LogP contribution is 2.45. The van der Waals surface area contributed by atoms with E-state index in [4.69, 9.17) is 8.83 Å². The minimum Gasteiger partial charge on any atom is -0.456 e. The molecular formula is C57H51N3O2. The van der Waals surface area contributed by atoms with Crippen LogP contribution in [-0.2, 0) is 0 Å². The average Bonchev–Trinajstić information content (AvgIpc) is 3.80. The molecule has 2 heterocycles. The fourth-order valence-corrected chi connectivity index (χ4v) is 9.46. The van der Waals surface area contributed by atoms with E-state index in [0.29, 0.717) is 0 Å². The summed E-state index contributed by atoms with van der Waals surface area (Å²) in [6.45, 7) is 17.4. The van der Waals surface area contributed by atoms with Crippen molar-refractivity contribution in [3.8, 4) is 0 Å². The molecule has 0 amide bonds. The lowest BCUT2D eigenvalue weighted by Gasteiger charge is -2.29. The maximum Gasteiger partial charge on any atom is 0.135 e. The second-order valence-corrected chi connectivity index (χ2v) is 17.3. The monoisotopic (exact) mass is 809 g/mol. The number of furan rings is 2. The zero-order chi connectivity index (χ0) is 43.0. The van der Waals surface area contributed by atoms with Crippen LogP contribution in [0.3, 0.4) is 0 Å². The van der Waals surface area contributed by atoms with Gasteiger partial charge in [0, 0.05) is 74.1 Å². The van der Waals surface area contributed by atoms with Crippen LogP contribution < -0.4 is 14.7 Å². The number of rotatable bonds is 8. The predicted molar refractivity (Wildman–Crippen MR) is 263 cm³/mol. The molecule has 0 aliphatic rings. The Balaban J connectivity index is 1.13. The third-order valence-electron chi connectivity index (χ3n) is 12.5. The highest BCUT2D eigenvalue weighted by molar-refractivity contribution is 6.10. The van der Waals surface area contributed by atoms with Gasteiger partial charge in [0.2, 0.25) is 0 Å². The van der Waals surface area contributed by atoms with E-state index >= 15 is 0 Å². The van der Waals surface area contributed by atoms with E-state index < -0.39 is 0 Å². The SMILES string of the molecule is Cc1ccc(N(C)c2ccc3oc4ccc(N(c5ccc6oc7ccc(N(c8ccc(C)cc8C)c8ccc(C)cc8C)cc7c6c5)c5ccc(C)cc5C)cc4c3c2)c(C)c1. The van der Waals surface area contributed by atoms with Crippen molar-refractivity contribution in [2.45, 2.75) is 55.4 Å². The minimum absolute atomic E-state index is 0.850. The zero-order valence-corrected chi connectivity index (χ0v) is 37.0. The van der Waals surface area contributed by atoms with E-state index in [2.05, 4.69) is 223 Å². The summed E-state index contributed by atoms with van der Waals surface area (Å²) in [7, 11) is 2.14. The van der Waals surface area contributed by atoms with Gasteiger partial charge in [0.1, 0.15) is 22.3 Å². The molecule has 5 heteroatoms. The highest BCUT2D eigenvalue weighted by Gasteiger charge is 2.22. The lowest BCUT2D eigenvalue weighted by molar-refractivity contribution is 0.668. The van der Waals surface area contributed by atoms with E-state index in [1.54, 1.807) is 0 Å². The van der Waals surface area contributed by atoms with Crippen molar-refractivity contribution < 1.29 is 8.83 Å². The van der Waals surface area contributed by atoms with Crippen LogP contribution in [0.4, 0.5) is 45.5 Å². The van der Waals surface area contributed by atoms with Gasteiger partial charge in [0.05, 0.1) is 0 Å². The molecule has 0 bridgehead atoms. The van der Waals surface area contributed by atoms with Crippen molar-refractivity contribution in [2.75, 3.05) is 21.7 Å². The fourth-order valence-electron chi connectivity index (χ4n) is 9.46. The molecule has 0 aliphatic heterocycles. The van der Waals surface area contributed by atoms with Gasteiger partial charge in [0.25, 0.3) is 0 Å². The standard InChI is InChI=1S/C57H51N3O2/c1-34-10-18-50(38(5)26-34)58(9)42-14-22-54-46(30-42)47-31-43(15-23-55(47)61-54)59(51-19-11-35(2)27-39(51)6)44-16-24-56-48(32-44)49-33-45(17-25-57(49)62-56)60(52-20-12-36(3)28-40(52)7)53-21-13-37(4)29-41(53)8/h10-33H,1-9H3. The summed E-state index contributed by atoms with van der Waals surface area (Å²) in [5, 5.41) is 4.28. The molecule has 306 valence electrons. The number of nitrogens with zero attached hydrogens (tertiary/aromatic N) is 3. The number of hydrogen-bond acceptors (Lipinski definition) is 5. The molecule has 8 aromatic carbocycles. The van der Waals surface area contributed by atoms with E-state index in [9.17, 15) is 0 Å². The van der Waals surface area contributed by atoms with Crippen molar-refractivity contribution in [3.05, 3.63) is 190 Å². The minimum atomic E-state index is 0.850. The summed E-state index contributed by atoms with van der Waals surface area (Å²) in [4.78, 5) is 7.03. The summed E-state index contributed by atoms with van der Waals surface area (Å²) >= 11 is 0. The first kappa shape index (κ1) is 38.9. The van der Waals surface area contributed by atoms with Crippen molar-refractivity contribution in [1.29, 1.82) is 0 Å². The molecule has 10 aromatic rings. The van der Waals surface area contributed by atoms with Gasteiger partial charge in [-0.1, -0.05) is 70.8 Å². The molecule has 0 aliphatic carbocycles. The van der Waals surface area contributed by atoms with Crippen LogP contribution in [0.25, 0.3) is 43.9 Å². The fraction of sp³-hybridized carbons (Fsp3) is 0.158. The Morgan fingerprint density at radius 1 is 0.290 bits per heavy atom. The van der Waals surface area contributed by atoms with Gasteiger partial charge in [-0.15, -0.1) is 0 Å². The predicted octanol–water partition coefficient (Wildman–Crippen LogP) is 16.7. The third-order valence-corrected chi connectivity index (χ3v) is 12.5. The number of fused-ring (bicyclic) bond motifs is 6. The molecule has 62 heavy (non-hydrogen) atoms. The largest absolute Gasteiger partial charge is 0.456 e. The topological polar surface area (TPSA) is 36.0 Å². The Labute approximate surface area is 364 Å². The van der Waals surface area contributed by atoms with Gasteiger partial charge in [-0.25, -0.2) is 0 Å². The van der Waals surface area contributed by atoms with Crippen LogP contribution >= 0.6 is 0 Å². The lowest BCUT2D eigenvalue weighted by Crippen LogP contribution is -2.13. The van der Waals surface area contributed by atoms with Crippen LogP contribution in [-0.4, -0.2) is 7.05 Å². The van der Waals surface area contributed by atoms with Crippen molar-refractivity contribution >= 4 is 89.4 Å². The number of hydrogen-bond donors (Lipinski definition) is 0. The van der Waals surface area contributed by atoms with Crippen LogP contribution in [0.15, 0.2) is 154 Å². The summed E-state index contributed by atoms with van der Waals surface area (Å²) < 4.78 is 13.1. The maximum absolute atomic E-state index is 6.58. The first-order chi connectivity index (χ1) is 29.9. The van der Waals surface area contributed by atoms with Gasteiger partial charge in [-0.05, 0) is 175 Å². The number of aryl methyl sites for hydroxylation is 8. The van der Waals surface area contributed by atoms with Crippen molar-refractivity contribution in [2.24, 2.45) is 0 Å². The lowest BCUT2D eigenvalue weighted by atomic mass is 10.0. The number of anilines is 8. The van der Waals surface area contributed by atoms with Gasteiger partial charge in [0.15, 0.2) is 0 Å². The van der Waals surface area contributed by atoms with Gasteiger partial charge < -0.3 is 23.5 Å². The maximum atomic E-state index is 6.58. The van der Waals surface area contributed by atoms with Crippen LogP contribution in [0.1, 0.15) is 44.5 Å². The quantitative estimate of drug-likeness (QED) is 0.153. The second-order valence-electron chi connectivity index (χ2n) is 17.3. The van der Waals surface area contributed by atoms with E-state index in [0.717, 1.165) is 83.7 Å². The molecule has 0 saturated carbocycles. The summed E-state index contributed by atoms with van der Waals surface area (Å²) in [6.07, 6.45) is 0. The molecule has 0 spiro atoms. The van der Waals surface area contributed by atoms with Gasteiger partial charge >= 0.3 is 0 Å². The summed E-state index contributed by atoms with van der Waals surface area (Å²) in [5.74, 6) is 0. The molecule has 0 atom stereocenters. The Hall–Kier alpha value is -7.24. The first-order valence-electron chi connectivity index (χ1n) is 21.5. The van der Waals surface area contributed by atoms with Crippen LogP contribution in [0, 0.1) is 55.4 Å². The molecule has 0 unspecified atom stereocenters. The van der Waals surface area contributed by atoms with Crippen LogP contribution in [0.5, 0.6) is 0 Å².